The first-order valence-electron chi connectivity index (χ1n) is 8.10. The van der Waals surface area contributed by atoms with Crippen LogP contribution in [-0.4, -0.2) is 15.9 Å². The summed E-state index contributed by atoms with van der Waals surface area (Å²) in [6.07, 6.45) is 1.39. The fourth-order valence-electron chi connectivity index (χ4n) is 2.49. The largest absolute Gasteiger partial charge is 0.366 e. The van der Waals surface area contributed by atoms with Crippen molar-refractivity contribution in [2.45, 2.75) is 20.4 Å². The second kappa shape index (κ2) is 7.57. The number of rotatable bonds is 5. The van der Waals surface area contributed by atoms with Crippen LogP contribution in [0.2, 0.25) is 0 Å². The van der Waals surface area contributed by atoms with Crippen LogP contribution in [0.5, 0.6) is 0 Å². The molecule has 0 spiro atoms. The Labute approximate surface area is 147 Å². The van der Waals surface area contributed by atoms with Gasteiger partial charge in [-0.25, -0.2) is 9.97 Å². The Morgan fingerprint density at radius 3 is 2.64 bits per heavy atom. The van der Waals surface area contributed by atoms with E-state index in [1.807, 2.05) is 43.3 Å². The molecule has 3 rings (SSSR count). The summed E-state index contributed by atoms with van der Waals surface area (Å²) < 4.78 is 0. The Hall–Kier alpha value is -3.21. The van der Waals surface area contributed by atoms with E-state index in [2.05, 4.69) is 39.7 Å². The third-order valence-electron chi connectivity index (χ3n) is 3.90. The highest BCUT2D eigenvalue weighted by Gasteiger charge is 2.09. The number of hydrogen-bond donors (Lipinski definition) is 2. The van der Waals surface area contributed by atoms with E-state index in [0.717, 1.165) is 11.3 Å². The predicted molar refractivity (Wildman–Crippen MR) is 99.7 cm³/mol. The molecule has 0 aliphatic heterocycles. The minimum absolute atomic E-state index is 0.257. The maximum absolute atomic E-state index is 12.4. The molecule has 0 bridgehead atoms. The fourth-order valence-corrected chi connectivity index (χ4v) is 2.49. The number of nitrogens with zero attached hydrogens (tertiary/aromatic N) is 2. The Morgan fingerprint density at radius 2 is 1.84 bits per heavy atom. The first kappa shape index (κ1) is 16.6. The van der Waals surface area contributed by atoms with Gasteiger partial charge in [0, 0.05) is 18.3 Å². The lowest BCUT2D eigenvalue weighted by atomic mass is 10.1. The minimum Gasteiger partial charge on any atom is -0.366 e. The van der Waals surface area contributed by atoms with Gasteiger partial charge in [0.2, 0.25) is 0 Å². The van der Waals surface area contributed by atoms with E-state index in [4.69, 9.17) is 0 Å². The van der Waals surface area contributed by atoms with Crippen molar-refractivity contribution in [2.75, 3.05) is 10.6 Å². The summed E-state index contributed by atoms with van der Waals surface area (Å²) in [4.78, 5) is 20.6. The number of carbonyl (C=O) groups is 1. The van der Waals surface area contributed by atoms with Gasteiger partial charge in [-0.15, -0.1) is 0 Å². The van der Waals surface area contributed by atoms with Crippen molar-refractivity contribution in [3.05, 3.63) is 83.3 Å². The Morgan fingerprint density at radius 1 is 1.00 bits per heavy atom. The summed E-state index contributed by atoms with van der Waals surface area (Å²) in [5.74, 6) is 0.361. The lowest BCUT2D eigenvalue weighted by Gasteiger charge is -2.09. The number of carbonyl (C=O) groups excluding carboxylic acids is 1. The van der Waals surface area contributed by atoms with Crippen molar-refractivity contribution in [1.82, 2.24) is 9.97 Å². The SMILES string of the molecule is Cc1cccc(NC(=O)c2cc(NCc3ccccc3C)ncn2)c1. The van der Waals surface area contributed by atoms with Gasteiger partial charge in [-0.2, -0.15) is 0 Å². The second-order valence-electron chi connectivity index (χ2n) is 5.89. The fraction of sp³-hybridized carbons (Fsp3) is 0.150. The summed E-state index contributed by atoms with van der Waals surface area (Å²) in [5, 5.41) is 6.09. The van der Waals surface area contributed by atoms with Gasteiger partial charge in [0.1, 0.15) is 17.8 Å². The van der Waals surface area contributed by atoms with Gasteiger partial charge in [-0.1, -0.05) is 36.4 Å². The van der Waals surface area contributed by atoms with Crippen LogP contribution < -0.4 is 10.6 Å². The molecule has 5 nitrogen and oxygen atoms in total. The molecule has 1 heterocycles. The maximum Gasteiger partial charge on any atom is 0.274 e. The molecule has 1 aromatic heterocycles. The zero-order chi connectivity index (χ0) is 17.6. The molecule has 3 aromatic rings. The Bertz CT molecular complexity index is 892. The molecule has 126 valence electrons. The molecule has 0 aliphatic rings. The topological polar surface area (TPSA) is 66.9 Å². The van der Waals surface area contributed by atoms with Crippen molar-refractivity contribution in [2.24, 2.45) is 0 Å². The molecule has 2 N–H and O–H groups in total. The van der Waals surface area contributed by atoms with E-state index in [-0.39, 0.29) is 5.91 Å². The Kier molecular flexibility index (Phi) is 5.04. The molecular formula is C20H20N4O. The lowest BCUT2D eigenvalue weighted by Crippen LogP contribution is -2.14. The molecule has 0 atom stereocenters. The van der Waals surface area contributed by atoms with E-state index in [1.54, 1.807) is 6.07 Å². The molecule has 25 heavy (non-hydrogen) atoms. The summed E-state index contributed by atoms with van der Waals surface area (Å²) in [6, 6.07) is 17.5. The first-order valence-corrected chi connectivity index (χ1v) is 8.10. The van der Waals surface area contributed by atoms with Crippen LogP contribution in [0, 0.1) is 13.8 Å². The molecular weight excluding hydrogens is 312 g/mol. The minimum atomic E-state index is -0.257. The van der Waals surface area contributed by atoms with Gasteiger partial charge in [0.05, 0.1) is 0 Å². The van der Waals surface area contributed by atoms with Crippen molar-refractivity contribution < 1.29 is 4.79 Å². The van der Waals surface area contributed by atoms with Crippen LogP contribution in [-0.2, 0) is 6.54 Å². The van der Waals surface area contributed by atoms with Crippen LogP contribution >= 0.6 is 0 Å². The monoisotopic (exact) mass is 332 g/mol. The third kappa shape index (κ3) is 4.41. The number of nitrogens with one attached hydrogen (secondary N) is 2. The van der Waals surface area contributed by atoms with E-state index in [0.29, 0.717) is 18.1 Å². The number of hydrogen-bond acceptors (Lipinski definition) is 4. The molecule has 0 unspecified atom stereocenters. The average molecular weight is 332 g/mol. The highest BCUT2D eigenvalue weighted by Crippen LogP contribution is 2.13. The summed E-state index contributed by atoms with van der Waals surface area (Å²) in [5.41, 5.74) is 4.55. The summed E-state index contributed by atoms with van der Waals surface area (Å²) in [6.45, 7) is 4.69. The van der Waals surface area contributed by atoms with Gasteiger partial charge in [0.25, 0.3) is 5.91 Å². The average Bonchev–Trinajstić information content (AvgIpc) is 2.61. The molecule has 0 radical (unpaired) electrons. The summed E-state index contributed by atoms with van der Waals surface area (Å²) >= 11 is 0. The predicted octanol–water partition coefficient (Wildman–Crippen LogP) is 3.96. The van der Waals surface area contributed by atoms with Crippen LogP contribution in [0.3, 0.4) is 0 Å². The molecule has 1 amide bonds. The maximum atomic E-state index is 12.4. The molecule has 5 heteroatoms. The van der Waals surface area contributed by atoms with Gasteiger partial charge >= 0.3 is 0 Å². The van der Waals surface area contributed by atoms with Crippen LogP contribution in [0.1, 0.15) is 27.2 Å². The number of aromatic nitrogens is 2. The van der Waals surface area contributed by atoms with Gasteiger partial charge in [-0.05, 0) is 42.7 Å². The molecule has 0 fully saturated rings. The third-order valence-corrected chi connectivity index (χ3v) is 3.90. The normalized spacial score (nSPS) is 10.3. The van der Waals surface area contributed by atoms with Gasteiger partial charge in [0.15, 0.2) is 0 Å². The number of amides is 1. The standard InChI is InChI=1S/C20H20N4O/c1-14-6-5-9-17(10-14)24-20(25)18-11-19(23-13-22-18)21-12-16-8-4-3-7-15(16)2/h3-11,13H,12H2,1-2H3,(H,24,25)(H,21,22,23). The first-order chi connectivity index (χ1) is 12.1. The number of aryl methyl sites for hydroxylation is 2. The summed E-state index contributed by atoms with van der Waals surface area (Å²) in [7, 11) is 0. The molecule has 0 aliphatic carbocycles. The van der Waals surface area contributed by atoms with Crippen molar-refractivity contribution in [1.29, 1.82) is 0 Å². The number of benzene rings is 2. The van der Waals surface area contributed by atoms with Crippen molar-refractivity contribution in [3.63, 3.8) is 0 Å². The van der Waals surface area contributed by atoms with Gasteiger partial charge < -0.3 is 10.6 Å². The second-order valence-corrected chi connectivity index (χ2v) is 5.89. The van der Waals surface area contributed by atoms with E-state index in [1.165, 1.54) is 17.5 Å². The number of anilines is 2. The zero-order valence-electron chi connectivity index (χ0n) is 14.3. The smallest absolute Gasteiger partial charge is 0.274 e. The molecule has 0 saturated heterocycles. The molecule has 2 aromatic carbocycles. The zero-order valence-corrected chi connectivity index (χ0v) is 14.3. The van der Waals surface area contributed by atoms with Crippen LogP contribution in [0.4, 0.5) is 11.5 Å². The highest BCUT2D eigenvalue weighted by atomic mass is 16.1. The highest BCUT2D eigenvalue weighted by molar-refractivity contribution is 6.03. The van der Waals surface area contributed by atoms with Crippen molar-refractivity contribution in [3.8, 4) is 0 Å². The van der Waals surface area contributed by atoms with Crippen LogP contribution in [0.15, 0.2) is 60.9 Å². The van der Waals surface area contributed by atoms with Crippen LogP contribution in [0.25, 0.3) is 0 Å². The van der Waals surface area contributed by atoms with E-state index >= 15 is 0 Å². The Balaban J connectivity index is 1.68. The van der Waals surface area contributed by atoms with Gasteiger partial charge in [-0.3, -0.25) is 4.79 Å². The lowest BCUT2D eigenvalue weighted by molar-refractivity contribution is 0.102. The van der Waals surface area contributed by atoms with E-state index < -0.39 is 0 Å². The molecule has 0 saturated carbocycles. The van der Waals surface area contributed by atoms with E-state index in [9.17, 15) is 4.79 Å². The van der Waals surface area contributed by atoms with Crippen molar-refractivity contribution >= 4 is 17.4 Å². The quantitative estimate of drug-likeness (QED) is 0.742.